The van der Waals surface area contributed by atoms with Crippen molar-refractivity contribution in [1.29, 1.82) is 0 Å². The third-order valence-corrected chi connectivity index (χ3v) is 4.27. The van der Waals surface area contributed by atoms with E-state index in [1.54, 1.807) is 12.1 Å². The molecule has 6 nitrogen and oxygen atoms in total. The van der Waals surface area contributed by atoms with Gasteiger partial charge >= 0.3 is 5.97 Å². The number of ether oxygens (including phenoxy) is 1. The number of anilines is 1. The van der Waals surface area contributed by atoms with Crippen LogP contribution in [0.2, 0.25) is 0 Å². The highest BCUT2D eigenvalue weighted by atomic mass is 79.9. The van der Waals surface area contributed by atoms with Crippen LogP contribution in [0, 0.1) is 16.0 Å². The zero-order valence-corrected chi connectivity index (χ0v) is 13.3. The summed E-state index contributed by atoms with van der Waals surface area (Å²) in [5.74, 6) is -0.215. The molecule has 0 saturated heterocycles. The van der Waals surface area contributed by atoms with E-state index < -0.39 is 4.92 Å². The average molecular weight is 357 g/mol. The first-order valence-electron chi connectivity index (χ1n) is 6.79. The van der Waals surface area contributed by atoms with Gasteiger partial charge in [0.15, 0.2) is 0 Å². The molecule has 1 fully saturated rings. The van der Waals surface area contributed by atoms with Crippen LogP contribution >= 0.6 is 15.9 Å². The van der Waals surface area contributed by atoms with Crippen molar-refractivity contribution in [1.82, 2.24) is 0 Å². The molecule has 0 unspecified atom stereocenters. The van der Waals surface area contributed by atoms with E-state index in [-0.39, 0.29) is 23.6 Å². The quantitative estimate of drug-likeness (QED) is 0.507. The Morgan fingerprint density at radius 1 is 1.38 bits per heavy atom. The van der Waals surface area contributed by atoms with E-state index in [1.165, 1.54) is 13.2 Å². The molecule has 1 aliphatic rings. The first kappa shape index (κ1) is 15.8. The molecule has 1 aliphatic carbocycles. The molecule has 0 spiro atoms. The summed E-state index contributed by atoms with van der Waals surface area (Å²) < 4.78 is 5.55. The van der Waals surface area contributed by atoms with Crippen LogP contribution in [0.25, 0.3) is 0 Å². The van der Waals surface area contributed by atoms with Gasteiger partial charge in [0.2, 0.25) is 0 Å². The molecule has 0 amide bonds. The standard InChI is InChI=1S/C14H17BrN2O4/c1-21-14(18)9-2-5-11(6-3-9)16-12-8-10(15)4-7-13(12)17(19)20/h4,7-9,11,16H,2-3,5-6H2,1H3. The number of hydrogen-bond donors (Lipinski definition) is 1. The van der Waals surface area contributed by atoms with Crippen LogP contribution in [0.1, 0.15) is 25.7 Å². The number of nitrogens with one attached hydrogen (secondary N) is 1. The number of nitro benzene ring substituents is 1. The molecular weight excluding hydrogens is 340 g/mol. The molecular formula is C14H17BrN2O4. The number of methoxy groups -OCH3 is 1. The van der Waals surface area contributed by atoms with E-state index in [0.717, 1.165) is 30.2 Å². The van der Waals surface area contributed by atoms with Crippen molar-refractivity contribution in [2.75, 3.05) is 12.4 Å². The predicted octanol–water partition coefficient (Wildman–Crippen LogP) is 3.50. The second-order valence-corrected chi connectivity index (χ2v) is 6.05. The number of nitrogens with zero attached hydrogens (tertiary/aromatic N) is 1. The molecule has 0 atom stereocenters. The zero-order chi connectivity index (χ0) is 15.4. The Balaban J connectivity index is 2.02. The van der Waals surface area contributed by atoms with Gasteiger partial charge in [0.05, 0.1) is 18.0 Å². The molecule has 1 aromatic rings. The van der Waals surface area contributed by atoms with Crippen molar-refractivity contribution in [3.63, 3.8) is 0 Å². The number of halogens is 1. The molecule has 0 aliphatic heterocycles. The third kappa shape index (κ3) is 3.93. The largest absolute Gasteiger partial charge is 0.469 e. The number of nitro groups is 1. The van der Waals surface area contributed by atoms with E-state index in [1.807, 2.05) is 0 Å². The van der Waals surface area contributed by atoms with Gasteiger partial charge in [-0.2, -0.15) is 0 Å². The third-order valence-electron chi connectivity index (χ3n) is 3.78. The molecule has 21 heavy (non-hydrogen) atoms. The Kier molecular flexibility index (Phi) is 5.17. The van der Waals surface area contributed by atoms with Gasteiger partial charge < -0.3 is 10.1 Å². The predicted molar refractivity (Wildman–Crippen MR) is 82.2 cm³/mol. The number of carbonyl (C=O) groups is 1. The number of esters is 1. The van der Waals surface area contributed by atoms with E-state index in [0.29, 0.717) is 5.69 Å². The second kappa shape index (κ2) is 6.89. The maximum Gasteiger partial charge on any atom is 0.308 e. The highest BCUT2D eigenvalue weighted by molar-refractivity contribution is 9.10. The second-order valence-electron chi connectivity index (χ2n) is 5.13. The van der Waals surface area contributed by atoms with Crippen molar-refractivity contribution in [3.05, 3.63) is 32.8 Å². The summed E-state index contributed by atoms with van der Waals surface area (Å²) in [6.07, 6.45) is 3.07. The number of carbonyl (C=O) groups excluding carboxylic acids is 1. The van der Waals surface area contributed by atoms with Gasteiger partial charge in [0.1, 0.15) is 5.69 Å². The normalized spacial score (nSPS) is 21.6. The van der Waals surface area contributed by atoms with Crippen LogP contribution in [0.5, 0.6) is 0 Å². The van der Waals surface area contributed by atoms with Gasteiger partial charge in [0, 0.05) is 16.6 Å². The minimum absolute atomic E-state index is 0.0504. The Hall–Kier alpha value is -1.63. The van der Waals surface area contributed by atoms with Crippen molar-refractivity contribution in [3.8, 4) is 0 Å². The van der Waals surface area contributed by atoms with Crippen LogP contribution in [0.4, 0.5) is 11.4 Å². The minimum Gasteiger partial charge on any atom is -0.469 e. The molecule has 0 aromatic heterocycles. The zero-order valence-electron chi connectivity index (χ0n) is 11.7. The lowest BCUT2D eigenvalue weighted by atomic mass is 9.86. The Labute approximate surface area is 131 Å². The maximum atomic E-state index is 11.5. The maximum absolute atomic E-state index is 11.5. The van der Waals surface area contributed by atoms with Crippen molar-refractivity contribution >= 4 is 33.3 Å². The fraction of sp³-hybridized carbons (Fsp3) is 0.500. The lowest BCUT2D eigenvalue weighted by molar-refractivity contribution is -0.384. The molecule has 0 bridgehead atoms. The fourth-order valence-corrected chi connectivity index (χ4v) is 3.00. The van der Waals surface area contributed by atoms with Crippen molar-refractivity contribution in [2.45, 2.75) is 31.7 Å². The first-order valence-corrected chi connectivity index (χ1v) is 7.59. The molecule has 1 saturated carbocycles. The molecule has 2 rings (SSSR count). The van der Waals surface area contributed by atoms with Crippen molar-refractivity contribution < 1.29 is 14.5 Å². The first-order chi connectivity index (χ1) is 10.0. The lowest BCUT2D eigenvalue weighted by Crippen LogP contribution is -2.30. The highest BCUT2D eigenvalue weighted by Crippen LogP contribution is 2.32. The van der Waals surface area contributed by atoms with Gasteiger partial charge in [-0.3, -0.25) is 14.9 Å². The smallest absolute Gasteiger partial charge is 0.308 e. The van der Waals surface area contributed by atoms with E-state index in [4.69, 9.17) is 4.74 Å². The van der Waals surface area contributed by atoms with Crippen LogP contribution in [-0.4, -0.2) is 24.0 Å². The Morgan fingerprint density at radius 2 is 2.05 bits per heavy atom. The molecule has 1 N–H and O–H groups in total. The van der Waals surface area contributed by atoms with Crippen LogP contribution < -0.4 is 5.32 Å². The van der Waals surface area contributed by atoms with E-state index in [9.17, 15) is 14.9 Å². The molecule has 1 aromatic carbocycles. The van der Waals surface area contributed by atoms with Gasteiger partial charge in [-0.25, -0.2) is 0 Å². The van der Waals surface area contributed by atoms with Gasteiger partial charge in [-0.15, -0.1) is 0 Å². The Bertz CT molecular complexity index is 542. The van der Waals surface area contributed by atoms with E-state index in [2.05, 4.69) is 21.2 Å². The van der Waals surface area contributed by atoms with Crippen LogP contribution in [0.3, 0.4) is 0 Å². The fourth-order valence-electron chi connectivity index (χ4n) is 2.64. The topological polar surface area (TPSA) is 81.5 Å². The number of rotatable bonds is 4. The summed E-state index contributed by atoms with van der Waals surface area (Å²) in [5.41, 5.74) is 0.573. The summed E-state index contributed by atoms with van der Waals surface area (Å²) in [5, 5.41) is 14.3. The van der Waals surface area contributed by atoms with Gasteiger partial charge in [0.25, 0.3) is 5.69 Å². The summed E-state index contributed by atoms with van der Waals surface area (Å²) in [7, 11) is 1.40. The van der Waals surface area contributed by atoms with Crippen molar-refractivity contribution in [2.24, 2.45) is 5.92 Å². The average Bonchev–Trinajstić information content (AvgIpc) is 2.47. The van der Waals surface area contributed by atoms with E-state index >= 15 is 0 Å². The van der Waals surface area contributed by atoms with Gasteiger partial charge in [-0.1, -0.05) is 15.9 Å². The van der Waals surface area contributed by atoms with Crippen LogP contribution in [-0.2, 0) is 9.53 Å². The Morgan fingerprint density at radius 3 is 2.62 bits per heavy atom. The SMILES string of the molecule is COC(=O)C1CCC(Nc2cc(Br)ccc2[N+](=O)[O-])CC1. The molecule has 0 radical (unpaired) electrons. The highest BCUT2D eigenvalue weighted by Gasteiger charge is 2.28. The molecule has 0 heterocycles. The summed E-state index contributed by atoms with van der Waals surface area (Å²) >= 11 is 3.32. The molecule has 114 valence electrons. The van der Waals surface area contributed by atoms with Crippen LogP contribution in [0.15, 0.2) is 22.7 Å². The number of hydrogen-bond acceptors (Lipinski definition) is 5. The molecule has 7 heteroatoms. The minimum atomic E-state index is -0.394. The lowest BCUT2D eigenvalue weighted by Gasteiger charge is -2.28. The summed E-state index contributed by atoms with van der Waals surface area (Å²) in [6.45, 7) is 0. The monoisotopic (exact) mass is 356 g/mol. The summed E-state index contributed by atoms with van der Waals surface area (Å²) in [6, 6.07) is 4.98. The number of benzene rings is 1. The summed E-state index contributed by atoms with van der Waals surface area (Å²) in [4.78, 5) is 22.1. The van der Waals surface area contributed by atoms with Gasteiger partial charge in [-0.05, 0) is 37.8 Å².